The Morgan fingerprint density at radius 2 is 1.87 bits per heavy atom. The van der Waals surface area contributed by atoms with Crippen LogP contribution in [0.1, 0.15) is 19.4 Å². The van der Waals surface area contributed by atoms with E-state index in [1.807, 2.05) is 6.07 Å². The minimum absolute atomic E-state index is 0.0547. The molecule has 1 fully saturated rings. The van der Waals surface area contributed by atoms with E-state index in [-0.39, 0.29) is 23.4 Å². The number of phenols is 1. The number of nitrogens with zero attached hydrogens (tertiary/aromatic N) is 4. The van der Waals surface area contributed by atoms with Gasteiger partial charge < -0.3 is 15.3 Å². The highest BCUT2D eigenvalue weighted by Gasteiger charge is 2.51. The number of imide groups is 1. The minimum Gasteiger partial charge on any atom is -0.508 e. The van der Waals surface area contributed by atoms with Crippen LogP contribution in [-0.4, -0.2) is 37.5 Å². The molecule has 3 amide bonds. The number of hydrogen-bond donors (Lipinski definition) is 2. The van der Waals surface area contributed by atoms with Crippen molar-refractivity contribution < 1.29 is 14.7 Å². The Balaban J connectivity index is 1.61. The first-order valence-corrected chi connectivity index (χ1v) is 9.92. The molecule has 0 atom stereocenters. The summed E-state index contributed by atoms with van der Waals surface area (Å²) in [6.07, 6.45) is 3.32. The SMILES string of the molecule is CC1(C)C(=O)N(c2ccc(O)cc2)C(=O)N1Cc1cc(Cl)nc(Nc2cccnc2)c1. The number of urea groups is 1. The summed E-state index contributed by atoms with van der Waals surface area (Å²) in [5, 5.41) is 12.9. The molecule has 1 aromatic carbocycles. The average molecular weight is 438 g/mol. The monoisotopic (exact) mass is 437 g/mol. The summed E-state index contributed by atoms with van der Waals surface area (Å²) in [6.45, 7) is 3.56. The van der Waals surface area contributed by atoms with Crippen LogP contribution in [0.3, 0.4) is 0 Å². The maximum absolute atomic E-state index is 13.2. The summed E-state index contributed by atoms with van der Waals surface area (Å²) in [4.78, 5) is 37.2. The van der Waals surface area contributed by atoms with E-state index in [4.69, 9.17) is 11.6 Å². The first kappa shape index (κ1) is 20.6. The van der Waals surface area contributed by atoms with Crippen molar-refractivity contribution in [3.8, 4) is 5.75 Å². The molecule has 2 aromatic heterocycles. The predicted molar refractivity (Wildman–Crippen MR) is 117 cm³/mol. The molecule has 0 saturated carbocycles. The van der Waals surface area contributed by atoms with Gasteiger partial charge in [0.05, 0.1) is 17.6 Å². The van der Waals surface area contributed by atoms with Crippen LogP contribution in [0, 0.1) is 0 Å². The first-order chi connectivity index (χ1) is 14.8. The van der Waals surface area contributed by atoms with Gasteiger partial charge in [0, 0.05) is 12.7 Å². The standard InChI is InChI=1S/C22H20ClN5O3/c1-22(2)20(30)28(16-5-7-17(29)8-6-16)21(31)27(22)13-14-10-18(23)26-19(11-14)25-15-4-3-9-24-12-15/h3-12,29H,13H2,1-2H3,(H,25,26). The van der Waals surface area contributed by atoms with E-state index in [0.29, 0.717) is 17.1 Å². The van der Waals surface area contributed by atoms with Crippen LogP contribution in [0.2, 0.25) is 5.15 Å². The highest BCUT2D eigenvalue weighted by Crippen LogP contribution is 2.34. The molecule has 1 aliphatic rings. The van der Waals surface area contributed by atoms with Gasteiger partial charge >= 0.3 is 6.03 Å². The number of anilines is 3. The van der Waals surface area contributed by atoms with Crippen LogP contribution in [-0.2, 0) is 11.3 Å². The van der Waals surface area contributed by atoms with Gasteiger partial charge in [0.25, 0.3) is 5.91 Å². The number of benzene rings is 1. The highest BCUT2D eigenvalue weighted by molar-refractivity contribution is 6.29. The van der Waals surface area contributed by atoms with Crippen molar-refractivity contribution in [3.05, 3.63) is 71.6 Å². The van der Waals surface area contributed by atoms with E-state index in [1.54, 1.807) is 44.4 Å². The third-order valence-corrected chi connectivity index (χ3v) is 5.25. The largest absolute Gasteiger partial charge is 0.508 e. The first-order valence-electron chi connectivity index (χ1n) is 9.54. The molecule has 3 aromatic rings. The number of rotatable bonds is 5. The van der Waals surface area contributed by atoms with Crippen LogP contribution in [0.15, 0.2) is 60.9 Å². The molecule has 0 bridgehead atoms. The molecule has 0 spiro atoms. The van der Waals surface area contributed by atoms with Gasteiger partial charge in [0.2, 0.25) is 0 Å². The summed E-state index contributed by atoms with van der Waals surface area (Å²) in [5.74, 6) is 0.206. The Kier molecular flexibility index (Phi) is 5.24. The van der Waals surface area contributed by atoms with E-state index in [2.05, 4.69) is 15.3 Å². The normalized spacial score (nSPS) is 15.5. The Bertz CT molecular complexity index is 1140. The zero-order valence-corrected chi connectivity index (χ0v) is 17.7. The summed E-state index contributed by atoms with van der Waals surface area (Å²) in [7, 11) is 0. The molecule has 31 heavy (non-hydrogen) atoms. The second-order valence-electron chi connectivity index (χ2n) is 7.63. The molecule has 1 saturated heterocycles. The Hall–Kier alpha value is -3.65. The summed E-state index contributed by atoms with van der Waals surface area (Å²) in [6, 6.07) is 12.6. The molecule has 3 heterocycles. The molecule has 0 radical (unpaired) electrons. The molecular formula is C22H20ClN5O3. The van der Waals surface area contributed by atoms with Crippen LogP contribution in [0.25, 0.3) is 0 Å². The number of carbonyl (C=O) groups is 2. The highest BCUT2D eigenvalue weighted by atomic mass is 35.5. The van der Waals surface area contributed by atoms with Gasteiger partial charge in [0.1, 0.15) is 22.3 Å². The van der Waals surface area contributed by atoms with E-state index in [1.165, 1.54) is 29.2 Å². The minimum atomic E-state index is -1.07. The summed E-state index contributed by atoms with van der Waals surface area (Å²) >= 11 is 6.21. The number of pyridine rings is 2. The summed E-state index contributed by atoms with van der Waals surface area (Å²) < 4.78 is 0. The van der Waals surface area contributed by atoms with Crippen LogP contribution >= 0.6 is 11.6 Å². The third kappa shape index (κ3) is 4.02. The third-order valence-electron chi connectivity index (χ3n) is 5.06. The fraction of sp³-hybridized carbons (Fsp3) is 0.182. The number of phenolic OH excluding ortho intramolecular Hbond substituents is 1. The van der Waals surface area contributed by atoms with Gasteiger partial charge in [-0.2, -0.15) is 0 Å². The van der Waals surface area contributed by atoms with Gasteiger partial charge in [-0.3, -0.25) is 9.78 Å². The topological polar surface area (TPSA) is 98.7 Å². The molecular weight excluding hydrogens is 418 g/mol. The molecule has 1 aliphatic heterocycles. The van der Waals surface area contributed by atoms with Crippen LogP contribution in [0.5, 0.6) is 5.75 Å². The van der Waals surface area contributed by atoms with Gasteiger partial charge in [-0.15, -0.1) is 0 Å². The predicted octanol–water partition coefficient (Wildman–Crippen LogP) is 4.33. The maximum Gasteiger partial charge on any atom is 0.332 e. The van der Waals surface area contributed by atoms with E-state index in [9.17, 15) is 14.7 Å². The van der Waals surface area contributed by atoms with Crippen molar-refractivity contribution in [1.29, 1.82) is 0 Å². The zero-order chi connectivity index (χ0) is 22.2. The lowest BCUT2D eigenvalue weighted by Crippen LogP contribution is -2.43. The number of aromatic hydroxyl groups is 1. The fourth-order valence-electron chi connectivity index (χ4n) is 3.40. The van der Waals surface area contributed by atoms with Crippen molar-refractivity contribution in [3.63, 3.8) is 0 Å². The number of aromatic nitrogens is 2. The van der Waals surface area contributed by atoms with Gasteiger partial charge in [-0.05, 0) is 67.9 Å². The number of amides is 3. The van der Waals surface area contributed by atoms with Gasteiger partial charge in [0.15, 0.2) is 0 Å². The molecule has 4 rings (SSSR count). The molecule has 0 unspecified atom stereocenters. The molecule has 2 N–H and O–H groups in total. The van der Waals surface area contributed by atoms with Crippen LogP contribution < -0.4 is 10.2 Å². The Morgan fingerprint density at radius 1 is 1.13 bits per heavy atom. The smallest absolute Gasteiger partial charge is 0.332 e. The van der Waals surface area contributed by atoms with E-state index < -0.39 is 11.6 Å². The fourth-order valence-corrected chi connectivity index (χ4v) is 3.63. The van der Waals surface area contributed by atoms with Crippen molar-refractivity contribution in [2.24, 2.45) is 0 Å². The average Bonchev–Trinajstić information content (AvgIpc) is 2.89. The van der Waals surface area contributed by atoms with Crippen molar-refractivity contribution >= 4 is 40.7 Å². The van der Waals surface area contributed by atoms with Crippen molar-refractivity contribution in [2.45, 2.75) is 25.9 Å². The zero-order valence-electron chi connectivity index (χ0n) is 16.9. The van der Waals surface area contributed by atoms with E-state index >= 15 is 0 Å². The maximum atomic E-state index is 13.2. The van der Waals surface area contributed by atoms with E-state index in [0.717, 1.165) is 10.6 Å². The molecule has 8 nitrogen and oxygen atoms in total. The molecule has 9 heteroatoms. The second-order valence-corrected chi connectivity index (χ2v) is 8.02. The number of halogens is 1. The lowest BCUT2D eigenvalue weighted by Gasteiger charge is -2.28. The Morgan fingerprint density at radius 3 is 2.55 bits per heavy atom. The molecule has 158 valence electrons. The summed E-state index contributed by atoms with van der Waals surface area (Å²) in [5.41, 5.74) is 0.791. The Labute approximate surface area is 184 Å². The van der Waals surface area contributed by atoms with Crippen LogP contribution in [0.4, 0.5) is 22.0 Å². The number of nitrogens with one attached hydrogen (secondary N) is 1. The van der Waals surface area contributed by atoms with Crippen molar-refractivity contribution in [1.82, 2.24) is 14.9 Å². The lowest BCUT2D eigenvalue weighted by molar-refractivity contribution is -0.123. The lowest BCUT2D eigenvalue weighted by atomic mass is 10.0. The van der Waals surface area contributed by atoms with Gasteiger partial charge in [-0.1, -0.05) is 11.6 Å². The second kappa shape index (κ2) is 7.88. The number of carbonyl (C=O) groups excluding carboxylic acids is 2. The number of hydrogen-bond acceptors (Lipinski definition) is 6. The van der Waals surface area contributed by atoms with Gasteiger partial charge in [-0.25, -0.2) is 14.7 Å². The molecule has 0 aliphatic carbocycles. The van der Waals surface area contributed by atoms with Crippen molar-refractivity contribution in [2.75, 3.05) is 10.2 Å². The quantitative estimate of drug-likeness (QED) is 0.455.